The molecule has 1 aromatic carbocycles. The lowest BCUT2D eigenvalue weighted by Gasteiger charge is -2.32. The molecule has 0 unspecified atom stereocenters. The van der Waals surface area contributed by atoms with Gasteiger partial charge in [0.05, 0.1) is 23.7 Å². The van der Waals surface area contributed by atoms with Gasteiger partial charge in [-0.2, -0.15) is 0 Å². The number of ether oxygens (including phenoxy) is 1. The van der Waals surface area contributed by atoms with Crippen molar-refractivity contribution < 1.29 is 14.1 Å². The molecule has 1 aliphatic rings. The van der Waals surface area contributed by atoms with Crippen LogP contribution in [0.3, 0.4) is 0 Å². The van der Waals surface area contributed by atoms with E-state index in [1.807, 2.05) is 19.1 Å². The van der Waals surface area contributed by atoms with Gasteiger partial charge in [-0.15, -0.1) is 0 Å². The van der Waals surface area contributed by atoms with E-state index in [0.717, 1.165) is 30.5 Å². The summed E-state index contributed by atoms with van der Waals surface area (Å²) in [6.07, 6.45) is 1.91. The van der Waals surface area contributed by atoms with E-state index in [9.17, 15) is 14.5 Å². The Labute approximate surface area is 144 Å². The summed E-state index contributed by atoms with van der Waals surface area (Å²) in [6.45, 7) is 4.67. The zero-order valence-corrected chi connectivity index (χ0v) is 13.8. The molecule has 8 heteroatoms. The van der Waals surface area contributed by atoms with Gasteiger partial charge in [0.25, 0.3) is 5.69 Å². The minimum Gasteiger partial charge on any atom is -0.375 e. The van der Waals surface area contributed by atoms with Gasteiger partial charge >= 0.3 is 0 Å². The van der Waals surface area contributed by atoms with E-state index >= 15 is 0 Å². The highest BCUT2D eigenvalue weighted by molar-refractivity contribution is 5.61. The predicted octanol–water partition coefficient (Wildman–Crippen LogP) is 2.97. The smallest absolute Gasteiger partial charge is 0.295 e. The van der Waals surface area contributed by atoms with Crippen LogP contribution in [-0.2, 0) is 11.3 Å². The van der Waals surface area contributed by atoms with Crippen molar-refractivity contribution in [2.75, 3.05) is 29.9 Å². The third kappa shape index (κ3) is 4.21. The lowest BCUT2D eigenvalue weighted by atomic mass is 10.2. The number of benzene rings is 1. The Bertz CT molecular complexity index is 754. The molecule has 7 nitrogen and oxygen atoms in total. The average Bonchev–Trinajstić information content (AvgIpc) is 2.61. The van der Waals surface area contributed by atoms with Gasteiger partial charge in [-0.1, -0.05) is 6.07 Å². The number of nitrogens with zero attached hydrogens (tertiary/aromatic N) is 3. The third-order valence-electron chi connectivity index (χ3n) is 4.01. The molecule has 25 heavy (non-hydrogen) atoms. The number of morpholine rings is 1. The number of rotatable bonds is 5. The van der Waals surface area contributed by atoms with E-state index in [1.54, 1.807) is 6.20 Å². The fourth-order valence-corrected chi connectivity index (χ4v) is 2.74. The molecule has 1 aliphatic heterocycles. The largest absolute Gasteiger partial charge is 0.375 e. The molecule has 1 atom stereocenters. The summed E-state index contributed by atoms with van der Waals surface area (Å²) in [4.78, 5) is 17.0. The highest BCUT2D eigenvalue weighted by Gasteiger charge is 2.18. The van der Waals surface area contributed by atoms with Crippen LogP contribution in [0.5, 0.6) is 0 Å². The van der Waals surface area contributed by atoms with Crippen LogP contribution >= 0.6 is 0 Å². The van der Waals surface area contributed by atoms with Crippen molar-refractivity contribution in [3.05, 3.63) is 58.0 Å². The Kier molecular flexibility index (Phi) is 5.08. The summed E-state index contributed by atoms with van der Waals surface area (Å²) in [7, 11) is 0. The van der Waals surface area contributed by atoms with Crippen molar-refractivity contribution in [1.82, 2.24) is 4.98 Å². The molecule has 0 radical (unpaired) electrons. The van der Waals surface area contributed by atoms with Crippen molar-refractivity contribution in [2.45, 2.75) is 19.6 Å². The van der Waals surface area contributed by atoms with E-state index < -0.39 is 10.7 Å². The topological polar surface area (TPSA) is 80.5 Å². The first-order valence-electron chi connectivity index (χ1n) is 8.02. The molecular weight excluding hydrogens is 327 g/mol. The van der Waals surface area contributed by atoms with Gasteiger partial charge in [-0.25, -0.2) is 9.37 Å². The molecule has 0 bridgehead atoms. The van der Waals surface area contributed by atoms with Gasteiger partial charge in [0, 0.05) is 25.8 Å². The van der Waals surface area contributed by atoms with Crippen molar-refractivity contribution in [2.24, 2.45) is 0 Å². The van der Waals surface area contributed by atoms with Crippen LogP contribution in [0.15, 0.2) is 36.5 Å². The second-order valence-electron chi connectivity index (χ2n) is 5.92. The Hall–Kier alpha value is -2.74. The van der Waals surface area contributed by atoms with Crippen LogP contribution < -0.4 is 10.2 Å². The second kappa shape index (κ2) is 7.43. The quantitative estimate of drug-likeness (QED) is 0.662. The van der Waals surface area contributed by atoms with Gasteiger partial charge < -0.3 is 15.0 Å². The molecule has 2 heterocycles. The van der Waals surface area contributed by atoms with E-state index in [0.29, 0.717) is 13.2 Å². The highest BCUT2D eigenvalue weighted by Crippen LogP contribution is 2.25. The van der Waals surface area contributed by atoms with Crippen LogP contribution in [0.4, 0.5) is 21.6 Å². The summed E-state index contributed by atoms with van der Waals surface area (Å²) < 4.78 is 18.7. The summed E-state index contributed by atoms with van der Waals surface area (Å²) >= 11 is 0. The molecule has 0 spiro atoms. The maximum atomic E-state index is 13.2. The van der Waals surface area contributed by atoms with Crippen molar-refractivity contribution in [1.29, 1.82) is 0 Å². The summed E-state index contributed by atoms with van der Waals surface area (Å²) in [5.41, 5.74) is 0.869. The lowest BCUT2D eigenvalue weighted by Crippen LogP contribution is -2.41. The number of aromatic nitrogens is 1. The maximum absolute atomic E-state index is 13.2. The van der Waals surface area contributed by atoms with E-state index in [4.69, 9.17) is 4.74 Å². The number of pyridine rings is 1. The maximum Gasteiger partial charge on any atom is 0.295 e. The zero-order chi connectivity index (χ0) is 17.8. The first-order chi connectivity index (χ1) is 12.0. The van der Waals surface area contributed by atoms with Crippen LogP contribution in [0, 0.1) is 15.9 Å². The molecule has 2 aromatic rings. The van der Waals surface area contributed by atoms with Crippen molar-refractivity contribution in [3.8, 4) is 0 Å². The normalized spacial score (nSPS) is 17.4. The van der Waals surface area contributed by atoms with Crippen LogP contribution in [0.1, 0.15) is 12.5 Å². The summed E-state index contributed by atoms with van der Waals surface area (Å²) in [5, 5.41) is 14.0. The number of hydrogen-bond donors (Lipinski definition) is 1. The molecule has 3 rings (SSSR count). The number of nitro benzene ring substituents is 1. The number of nitrogens with one attached hydrogen (secondary N) is 1. The fraction of sp³-hybridized carbons (Fsp3) is 0.353. The van der Waals surface area contributed by atoms with Gasteiger partial charge in [-0.05, 0) is 30.7 Å². The SMILES string of the molecule is C[C@H]1CN(c2ccc(CNc3ccc(F)cc3[N+](=O)[O-])cn2)CCO1. The van der Waals surface area contributed by atoms with E-state index in [-0.39, 0.29) is 17.5 Å². The standard InChI is InChI=1S/C17H19FN4O3/c1-12-11-21(6-7-25-12)17-5-2-13(10-20-17)9-19-15-4-3-14(18)8-16(15)22(23)24/h2-5,8,10,12,19H,6-7,9,11H2,1H3/t12-/m0/s1. The number of hydrogen-bond acceptors (Lipinski definition) is 6. The molecule has 1 N–H and O–H groups in total. The molecule has 132 valence electrons. The van der Waals surface area contributed by atoms with Gasteiger partial charge in [0.1, 0.15) is 17.3 Å². The van der Waals surface area contributed by atoms with Crippen LogP contribution in [0.2, 0.25) is 0 Å². The summed E-state index contributed by atoms with van der Waals surface area (Å²) in [6, 6.07) is 7.31. The van der Waals surface area contributed by atoms with Crippen LogP contribution in [-0.4, -0.2) is 35.7 Å². The first kappa shape index (κ1) is 17.1. The monoisotopic (exact) mass is 346 g/mol. The van der Waals surface area contributed by atoms with E-state index in [1.165, 1.54) is 12.1 Å². The Morgan fingerprint density at radius 2 is 2.28 bits per heavy atom. The zero-order valence-electron chi connectivity index (χ0n) is 13.8. The molecular formula is C17H19FN4O3. The molecule has 0 amide bonds. The molecule has 0 saturated carbocycles. The lowest BCUT2D eigenvalue weighted by molar-refractivity contribution is -0.384. The summed E-state index contributed by atoms with van der Waals surface area (Å²) in [5.74, 6) is 0.245. The Morgan fingerprint density at radius 3 is 2.96 bits per heavy atom. The average molecular weight is 346 g/mol. The highest BCUT2D eigenvalue weighted by atomic mass is 19.1. The van der Waals surface area contributed by atoms with Crippen molar-refractivity contribution >= 4 is 17.2 Å². The molecule has 1 aromatic heterocycles. The molecule has 1 fully saturated rings. The Balaban J connectivity index is 1.65. The number of halogens is 1. The molecule has 1 saturated heterocycles. The molecule has 0 aliphatic carbocycles. The van der Waals surface area contributed by atoms with E-state index in [2.05, 4.69) is 15.2 Å². The second-order valence-corrected chi connectivity index (χ2v) is 5.92. The van der Waals surface area contributed by atoms with Gasteiger partial charge in [0.2, 0.25) is 0 Å². The number of nitro groups is 1. The predicted molar refractivity (Wildman–Crippen MR) is 92.2 cm³/mol. The fourth-order valence-electron chi connectivity index (χ4n) is 2.74. The number of anilines is 2. The minimum absolute atomic E-state index is 0.177. The first-order valence-corrected chi connectivity index (χ1v) is 8.02. The minimum atomic E-state index is -0.636. The van der Waals surface area contributed by atoms with Gasteiger partial charge in [0.15, 0.2) is 0 Å². The van der Waals surface area contributed by atoms with Crippen LogP contribution in [0.25, 0.3) is 0 Å². The van der Waals surface area contributed by atoms with Crippen molar-refractivity contribution in [3.63, 3.8) is 0 Å². The Morgan fingerprint density at radius 1 is 1.44 bits per heavy atom. The van der Waals surface area contributed by atoms with Gasteiger partial charge in [-0.3, -0.25) is 10.1 Å². The third-order valence-corrected chi connectivity index (χ3v) is 4.01.